The van der Waals surface area contributed by atoms with Gasteiger partial charge in [0.1, 0.15) is 0 Å². The fraction of sp³-hybridized carbons (Fsp3) is 0.400. The number of aromatic nitrogens is 2. The summed E-state index contributed by atoms with van der Waals surface area (Å²) in [5, 5.41) is 4.10. The maximum absolute atomic E-state index is 13.1. The molecule has 8 heteroatoms. The summed E-state index contributed by atoms with van der Waals surface area (Å²) in [5.74, 6) is 2.68. The third-order valence-electron chi connectivity index (χ3n) is 5.16. The van der Waals surface area contributed by atoms with E-state index in [1.807, 2.05) is 36.1 Å². The molecule has 0 saturated heterocycles. The predicted molar refractivity (Wildman–Crippen MR) is 125 cm³/mol. The van der Waals surface area contributed by atoms with Crippen LogP contribution in [0.25, 0.3) is 11.4 Å². The largest absolute Gasteiger partial charge is 0.493 e. The molecule has 0 saturated carbocycles. The van der Waals surface area contributed by atoms with E-state index in [-0.39, 0.29) is 5.91 Å². The summed E-state index contributed by atoms with van der Waals surface area (Å²) in [4.78, 5) is 19.4. The molecular formula is C25H31N3O5. The van der Waals surface area contributed by atoms with E-state index >= 15 is 0 Å². The second-order valence-corrected chi connectivity index (χ2v) is 8.19. The van der Waals surface area contributed by atoms with Gasteiger partial charge >= 0.3 is 0 Å². The molecule has 1 amide bonds. The Balaban J connectivity index is 1.77. The third kappa shape index (κ3) is 5.83. The first-order chi connectivity index (χ1) is 15.9. The van der Waals surface area contributed by atoms with Gasteiger partial charge in [0, 0.05) is 30.6 Å². The molecule has 0 fully saturated rings. The Bertz CT molecular complexity index is 1050. The first-order valence-corrected chi connectivity index (χ1v) is 10.8. The van der Waals surface area contributed by atoms with Crippen LogP contribution in [0.4, 0.5) is 0 Å². The molecule has 33 heavy (non-hydrogen) atoms. The fourth-order valence-electron chi connectivity index (χ4n) is 3.51. The van der Waals surface area contributed by atoms with Crippen molar-refractivity contribution < 1.29 is 23.5 Å². The molecule has 0 aliphatic heterocycles. The van der Waals surface area contributed by atoms with E-state index in [9.17, 15) is 4.79 Å². The minimum absolute atomic E-state index is 0.00642. The quantitative estimate of drug-likeness (QED) is 0.449. The van der Waals surface area contributed by atoms with Gasteiger partial charge in [-0.05, 0) is 37.1 Å². The number of hydrogen-bond donors (Lipinski definition) is 0. The van der Waals surface area contributed by atoms with Crippen molar-refractivity contribution >= 4 is 5.91 Å². The zero-order valence-electron chi connectivity index (χ0n) is 20.0. The number of methoxy groups -OCH3 is 3. The molecule has 1 heterocycles. The van der Waals surface area contributed by atoms with Gasteiger partial charge in [0.25, 0.3) is 5.91 Å². The van der Waals surface area contributed by atoms with E-state index in [2.05, 4.69) is 24.0 Å². The average molecular weight is 454 g/mol. The lowest BCUT2D eigenvalue weighted by Crippen LogP contribution is -2.36. The molecule has 0 atom stereocenters. The minimum atomic E-state index is -0.00642. The molecule has 0 aliphatic carbocycles. The van der Waals surface area contributed by atoms with Crippen LogP contribution in [0.3, 0.4) is 0 Å². The molecule has 176 valence electrons. The van der Waals surface area contributed by atoms with Crippen LogP contribution >= 0.6 is 0 Å². The summed E-state index contributed by atoms with van der Waals surface area (Å²) in [6, 6.07) is 11.1. The minimum Gasteiger partial charge on any atom is -0.493 e. The Hall–Kier alpha value is -3.55. The highest BCUT2D eigenvalue weighted by atomic mass is 16.5. The van der Waals surface area contributed by atoms with Gasteiger partial charge in [0.15, 0.2) is 11.5 Å². The highest BCUT2D eigenvalue weighted by Gasteiger charge is 2.20. The van der Waals surface area contributed by atoms with Gasteiger partial charge in [-0.3, -0.25) is 4.79 Å². The fourth-order valence-corrected chi connectivity index (χ4v) is 3.51. The average Bonchev–Trinajstić information content (AvgIpc) is 3.29. The predicted octanol–water partition coefficient (Wildman–Crippen LogP) is 4.41. The molecule has 0 spiro atoms. The number of hydrogen-bond acceptors (Lipinski definition) is 7. The van der Waals surface area contributed by atoms with E-state index in [0.29, 0.717) is 65.5 Å². The topological polar surface area (TPSA) is 86.9 Å². The second kappa shape index (κ2) is 10.8. The van der Waals surface area contributed by atoms with E-state index in [4.69, 9.17) is 18.7 Å². The second-order valence-electron chi connectivity index (χ2n) is 8.19. The van der Waals surface area contributed by atoms with Crippen molar-refractivity contribution in [3.8, 4) is 28.6 Å². The molecule has 0 bridgehead atoms. The molecule has 8 nitrogen and oxygen atoms in total. The lowest BCUT2D eigenvalue weighted by atomic mass is 10.1. The Morgan fingerprint density at radius 2 is 1.67 bits per heavy atom. The number of ether oxygens (including phenoxy) is 3. The number of carbonyl (C=O) groups is 1. The smallest absolute Gasteiger partial charge is 0.253 e. The Kier molecular flexibility index (Phi) is 7.92. The van der Waals surface area contributed by atoms with Gasteiger partial charge in [-0.1, -0.05) is 36.7 Å². The van der Waals surface area contributed by atoms with Gasteiger partial charge in [-0.15, -0.1) is 0 Å². The number of amides is 1. The van der Waals surface area contributed by atoms with Gasteiger partial charge in [-0.25, -0.2) is 0 Å². The summed E-state index contributed by atoms with van der Waals surface area (Å²) >= 11 is 0. The Morgan fingerprint density at radius 1 is 1.03 bits per heavy atom. The maximum Gasteiger partial charge on any atom is 0.253 e. The van der Waals surface area contributed by atoms with Crippen molar-refractivity contribution in [2.24, 2.45) is 5.92 Å². The van der Waals surface area contributed by atoms with Crippen molar-refractivity contribution in [2.45, 2.75) is 27.2 Å². The van der Waals surface area contributed by atoms with Gasteiger partial charge < -0.3 is 23.6 Å². The molecule has 0 radical (unpaired) electrons. The molecule has 3 aromatic rings. The van der Waals surface area contributed by atoms with Crippen LogP contribution in [0, 0.1) is 12.8 Å². The summed E-state index contributed by atoms with van der Waals surface area (Å²) in [5.41, 5.74) is 2.46. The number of rotatable bonds is 10. The van der Waals surface area contributed by atoms with Crippen LogP contribution < -0.4 is 14.2 Å². The summed E-state index contributed by atoms with van der Waals surface area (Å²) in [6.07, 6.45) is 0.446. The zero-order valence-corrected chi connectivity index (χ0v) is 20.0. The zero-order chi connectivity index (χ0) is 24.0. The van der Waals surface area contributed by atoms with Crippen LogP contribution in [0.2, 0.25) is 0 Å². The molecule has 1 aromatic heterocycles. The van der Waals surface area contributed by atoms with Crippen molar-refractivity contribution in [3.63, 3.8) is 0 Å². The molecule has 2 aromatic carbocycles. The van der Waals surface area contributed by atoms with Gasteiger partial charge in [0.2, 0.25) is 17.5 Å². The standard InChI is InChI=1S/C25H31N3O5/c1-16(2)15-28(25(29)18-9-7-17(3)8-10-18)12-11-22-26-24(27-33-22)19-13-20(30-4)23(32-6)21(14-19)31-5/h7-10,13-14,16H,11-12,15H2,1-6H3. The monoisotopic (exact) mass is 453 g/mol. The highest BCUT2D eigenvalue weighted by molar-refractivity contribution is 5.94. The lowest BCUT2D eigenvalue weighted by molar-refractivity contribution is 0.0734. The number of aryl methyl sites for hydroxylation is 1. The molecular weight excluding hydrogens is 422 g/mol. The normalized spacial score (nSPS) is 10.9. The highest BCUT2D eigenvalue weighted by Crippen LogP contribution is 2.40. The van der Waals surface area contributed by atoms with Crippen molar-refractivity contribution in [1.82, 2.24) is 15.0 Å². The van der Waals surface area contributed by atoms with Gasteiger partial charge in [-0.2, -0.15) is 4.98 Å². The first-order valence-electron chi connectivity index (χ1n) is 10.8. The Morgan fingerprint density at radius 3 is 2.21 bits per heavy atom. The number of benzene rings is 2. The third-order valence-corrected chi connectivity index (χ3v) is 5.16. The number of nitrogens with zero attached hydrogens (tertiary/aromatic N) is 3. The summed E-state index contributed by atoms with van der Waals surface area (Å²) < 4.78 is 21.6. The van der Waals surface area contributed by atoms with Crippen LogP contribution in [0.5, 0.6) is 17.2 Å². The molecule has 3 rings (SSSR count). The molecule has 0 aliphatic rings. The lowest BCUT2D eigenvalue weighted by Gasteiger charge is -2.24. The van der Waals surface area contributed by atoms with E-state index < -0.39 is 0 Å². The van der Waals surface area contributed by atoms with E-state index in [1.54, 1.807) is 33.5 Å². The van der Waals surface area contributed by atoms with Crippen molar-refractivity contribution in [3.05, 3.63) is 53.4 Å². The maximum atomic E-state index is 13.1. The van der Waals surface area contributed by atoms with Crippen molar-refractivity contribution in [1.29, 1.82) is 0 Å². The molecule has 0 N–H and O–H groups in total. The van der Waals surface area contributed by atoms with Crippen molar-refractivity contribution in [2.75, 3.05) is 34.4 Å². The van der Waals surface area contributed by atoms with Crippen LogP contribution in [-0.2, 0) is 6.42 Å². The van der Waals surface area contributed by atoms with Gasteiger partial charge in [0.05, 0.1) is 21.3 Å². The van der Waals surface area contributed by atoms with Crippen LogP contribution in [-0.4, -0.2) is 55.4 Å². The number of carbonyl (C=O) groups excluding carboxylic acids is 1. The molecule has 0 unspecified atom stereocenters. The SMILES string of the molecule is COc1cc(-c2noc(CCN(CC(C)C)C(=O)c3ccc(C)cc3)n2)cc(OC)c1OC. The summed E-state index contributed by atoms with van der Waals surface area (Å²) in [7, 11) is 4.65. The Labute approximate surface area is 194 Å². The van der Waals surface area contributed by atoms with E-state index in [1.165, 1.54) is 0 Å². The first kappa shape index (κ1) is 24.1. The van der Waals surface area contributed by atoms with Crippen LogP contribution in [0.15, 0.2) is 40.9 Å². The summed E-state index contributed by atoms with van der Waals surface area (Å²) in [6.45, 7) is 7.29. The van der Waals surface area contributed by atoms with E-state index in [0.717, 1.165) is 5.56 Å². The van der Waals surface area contributed by atoms with Crippen LogP contribution in [0.1, 0.15) is 35.7 Å².